The van der Waals surface area contributed by atoms with E-state index >= 15 is 0 Å². The van der Waals surface area contributed by atoms with E-state index in [4.69, 9.17) is 9.84 Å². The molecule has 0 aliphatic carbocycles. The molecule has 0 saturated heterocycles. The van der Waals surface area contributed by atoms with Crippen molar-refractivity contribution in [3.8, 4) is 5.75 Å². The maximum atomic E-state index is 11.9. The first-order valence-electron chi connectivity index (χ1n) is 5.70. The van der Waals surface area contributed by atoms with Crippen LogP contribution in [0.4, 0.5) is 0 Å². The molecule has 2 aromatic rings. The number of hydrogen-bond acceptors (Lipinski definition) is 3. The van der Waals surface area contributed by atoms with Crippen molar-refractivity contribution in [2.24, 2.45) is 7.05 Å². The number of hydrogen-bond donors (Lipinski definition) is 2. The van der Waals surface area contributed by atoms with Gasteiger partial charge in [-0.15, -0.1) is 0 Å². The van der Waals surface area contributed by atoms with E-state index in [-0.39, 0.29) is 19.1 Å². The van der Waals surface area contributed by atoms with Gasteiger partial charge in [-0.25, -0.2) is 0 Å². The highest BCUT2D eigenvalue weighted by Crippen LogP contribution is 2.23. The minimum atomic E-state index is -0.193. The van der Waals surface area contributed by atoms with Crippen LogP contribution in [0, 0.1) is 0 Å². The number of fused-ring (bicyclic) bond motifs is 1. The van der Waals surface area contributed by atoms with Gasteiger partial charge in [0.1, 0.15) is 11.4 Å². The molecule has 5 heteroatoms. The lowest BCUT2D eigenvalue weighted by atomic mass is 10.2. The Balaban J connectivity index is 2.40. The van der Waals surface area contributed by atoms with Crippen LogP contribution >= 0.6 is 0 Å². The first kappa shape index (κ1) is 12.4. The molecule has 2 N–H and O–H groups in total. The lowest BCUT2D eigenvalue weighted by Crippen LogP contribution is -2.27. The Morgan fingerprint density at radius 3 is 2.89 bits per heavy atom. The number of nitrogens with one attached hydrogen (secondary N) is 1. The van der Waals surface area contributed by atoms with Crippen molar-refractivity contribution in [3.05, 3.63) is 30.0 Å². The summed E-state index contributed by atoms with van der Waals surface area (Å²) in [5.74, 6) is 0.567. The molecular weight excluding hydrogens is 232 g/mol. The third-order valence-electron chi connectivity index (χ3n) is 2.88. The molecule has 2 rings (SSSR count). The first-order valence-corrected chi connectivity index (χ1v) is 5.70. The van der Waals surface area contributed by atoms with E-state index in [1.54, 1.807) is 7.11 Å². The highest BCUT2D eigenvalue weighted by molar-refractivity contribution is 5.99. The highest BCUT2D eigenvalue weighted by atomic mass is 16.5. The molecule has 18 heavy (non-hydrogen) atoms. The van der Waals surface area contributed by atoms with Gasteiger partial charge in [-0.3, -0.25) is 4.79 Å². The van der Waals surface area contributed by atoms with Gasteiger partial charge in [0.05, 0.1) is 13.7 Å². The molecule has 0 aliphatic heterocycles. The summed E-state index contributed by atoms with van der Waals surface area (Å²) in [4.78, 5) is 11.9. The Morgan fingerprint density at radius 2 is 2.22 bits per heavy atom. The standard InChI is InChI=1S/C13H16N2O3/c1-15-11-4-3-10(18-2)7-9(11)8-12(15)13(17)14-5-6-16/h3-4,7-8,16H,5-6H2,1-2H3,(H,14,17). The number of aliphatic hydroxyl groups excluding tert-OH is 1. The van der Waals surface area contributed by atoms with E-state index < -0.39 is 0 Å². The van der Waals surface area contributed by atoms with Crippen molar-refractivity contribution in [1.29, 1.82) is 0 Å². The van der Waals surface area contributed by atoms with Crippen molar-refractivity contribution in [3.63, 3.8) is 0 Å². The third kappa shape index (κ3) is 2.17. The zero-order valence-corrected chi connectivity index (χ0v) is 10.4. The molecule has 1 amide bonds. The summed E-state index contributed by atoms with van der Waals surface area (Å²) in [6, 6.07) is 7.47. The zero-order chi connectivity index (χ0) is 13.1. The first-order chi connectivity index (χ1) is 8.67. The van der Waals surface area contributed by atoms with Gasteiger partial charge in [0, 0.05) is 24.5 Å². The molecule has 0 unspecified atom stereocenters. The average Bonchev–Trinajstić information content (AvgIpc) is 2.72. The minimum Gasteiger partial charge on any atom is -0.497 e. The maximum Gasteiger partial charge on any atom is 0.268 e. The molecule has 0 atom stereocenters. The van der Waals surface area contributed by atoms with Crippen molar-refractivity contribution in [2.45, 2.75) is 0 Å². The number of carbonyl (C=O) groups is 1. The molecule has 0 fully saturated rings. The van der Waals surface area contributed by atoms with Crippen molar-refractivity contribution < 1.29 is 14.6 Å². The largest absolute Gasteiger partial charge is 0.497 e. The molecule has 0 spiro atoms. The minimum absolute atomic E-state index is 0.0660. The molecule has 0 aliphatic rings. The molecule has 96 valence electrons. The summed E-state index contributed by atoms with van der Waals surface area (Å²) >= 11 is 0. The van der Waals surface area contributed by atoms with Gasteiger partial charge in [-0.05, 0) is 24.3 Å². The molecule has 5 nitrogen and oxygen atoms in total. The van der Waals surface area contributed by atoms with Crippen LogP contribution in [-0.2, 0) is 7.05 Å². The lowest BCUT2D eigenvalue weighted by Gasteiger charge is -2.05. The van der Waals surface area contributed by atoms with Crippen LogP contribution in [0.1, 0.15) is 10.5 Å². The van der Waals surface area contributed by atoms with Crippen LogP contribution in [0.15, 0.2) is 24.3 Å². The van der Waals surface area contributed by atoms with Crippen LogP contribution in [0.5, 0.6) is 5.75 Å². The Bertz CT molecular complexity index is 575. The Morgan fingerprint density at radius 1 is 1.44 bits per heavy atom. The molecule has 0 radical (unpaired) electrons. The zero-order valence-electron chi connectivity index (χ0n) is 10.4. The number of benzene rings is 1. The van der Waals surface area contributed by atoms with Crippen LogP contribution in [0.25, 0.3) is 10.9 Å². The van der Waals surface area contributed by atoms with Crippen molar-refractivity contribution in [1.82, 2.24) is 9.88 Å². The summed E-state index contributed by atoms with van der Waals surface area (Å²) in [5, 5.41) is 12.3. The quantitative estimate of drug-likeness (QED) is 0.845. The number of rotatable bonds is 4. The predicted octanol–water partition coefficient (Wildman–Crippen LogP) is 0.909. The second-order valence-corrected chi connectivity index (χ2v) is 3.99. The normalized spacial score (nSPS) is 10.6. The highest BCUT2D eigenvalue weighted by Gasteiger charge is 2.13. The molecular formula is C13H16N2O3. The fourth-order valence-corrected chi connectivity index (χ4v) is 1.93. The molecule has 0 bridgehead atoms. The van der Waals surface area contributed by atoms with Crippen LogP contribution in [0.2, 0.25) is 0 Å². The smallest absolute Gasteiger partial charge is 0.268 e. The monoisotopic (exact) mass is 248 g/mol. The number of amides is 1. The summed E-state index contributed by atoms with van der Waals surface area (Å²) in [7, 11) is 3.45. The van der Waals surface area contributed by atoms with Crippen molar-refractivity contribution >= 4 is 16.8 Å². The summed E-state index contributed by atoms with van der Waals surface area (Å²) in [5.41, 5.74) is 1.52. The SMILES string of the molecule is COc1ccc2c(c1)cc(C(=O)NCCO)n2C. The lowest BCUT2D eigenvalue weighted by molar-refractivity contribution is 0.0937. The number of aliphatic hydroxyl groups is 1. The van der Waals surface area contributed by atoms with Gasteiger partial charge < -0.3 is 19.7 Å². The number of aryl methyl sites for hydroxylation is 1. The van der Waals surface area contributed by atoms with E-state index in [1.807, 2.05) is 35.9 Å². The molecule has 1 aromatic carbocycles. The Hall–Kier alpha value is -2.01. The number of ether oxygens (including phenoxy) is 1. The maximum absolute atomic E-state index is 11.9. The van der Waals surface area contributed by atoms with Gasteiger partial charge in [0.25, 0.3) is 5.91 Å². The van der Waals surface area contributed by atoms with Gasteiger partial charge in [0.15, 0.2) is 0 Å². The number of methoxy groups -OCH3 is 1. The van der Waals surface area contributed by atoms with Gasteiger partial charge >= 0.3 is 0 Å². The van der Waals surface area contributed by atoms with E-state index in [1.165, 1.54) is 0 Å². The Kier molecular flexibility index (Phi) is 3.53. The molecule has 0 saturated carbocycles. The fraction of sp³-hybridized carbons (Fsp3) is 0.308. The molecule has 1 heterocycles. The average molecular weight is 248 g/mol. The topological polar surface area (TPSA) is 63.5 Å². The fourth-order valence-electron chi connectivity index (χ4n) is 1.93. The third-order valence-corrected chi connectivity index (χ3v) is 2.88. The second-order valence-electron chi connectivity index (χ2n) is 3.99. The summed E-state index contributed by atoms with van der Waals surface area (Å²) < 4.78 is 6.97. The number of nitrogens with zero attached hydrogens (tertiary/aromatic N) is 1. The van der Waals surface area contributed by atoms with E-state index in [0.29, 0.717) is 5.69 Å². The van der Waals surface area contributed by atoms with Crippen LogP contribution < -0.4 is 10.1 Å². The van der Waals surface area contributed by atoms with E-state index in [9.17, 15) is 4.79 Å². The second kappa shape index (κ2) is 5.10. The molecule has 1 aromatic heterocycles. The Labute approximate surface area is 105 Å². The van der Waals surface area contributed by atoms with Gasteiger partial charge in [-0.2, -0.15) is 0 Å². The summed E-state index contributed by atoms with van der Waals surface area (Å²) in [6.45, 7) is 0.188. The van der Waals surface area contributed by atoms with E-state index in [2.05, 4.69) is 5.32 Å². The van der Waals surface area contributed by atoms with Crippen LogP contribution in [-0.4, -0.2) is 35.8 Å². The van der Waals surface area contributed by atoms with Gasteiger partial charge in [0.2, 0.25) is 0 Å². The van der Waals surface area contributed by atoms with E-state index in [0.717, 1.165) is 16.7 Å². The summed E-state index contributed by atoms with van der Waals surface area (Å²) in [6.07, 6.45) is 0. The van der Waals surface area contributed by atoms with Crippen molar-refractivity contribution in [2.75, 3.05) is 20.3 Å². The van der Waals surface area contributed by atoms with Gasteiger partial charge in [-0.1, -0.05) is 0 Å². The number of aromatic nitrogens is 1. The predicted molar refractivity (Wildman–Crippen MR) is 68.9 cm³/mol. The number of carbonyl (C=O) groups excluding carboxylic acids is 1. The van der Waals surface area contributed by atoms with Crippen LogP contribution in [0.3, 0.4) is 0 Å².